The van der Waals surface area contributed by atoms with Crippen molar-refractivity contribution in [3.8, 4) is 0 Å². The number of hydrogen-bond acceptors (Lipinski definition) is 6. The first-order valence-electron chi connectivity index (χ1n) is 9.87. The Morgan fingerprint density at radius 3 is 2.35 bits per heavy atom. The molecular weight excluding hydrogens is 424 g/mol. The van der Waals surface area contributed by atoms with Gasteiger partial charge in [-0.15, -0.1) is 0 Å². The van der Waals surface area contributed by atoms with Gasteiger partial charge in [0.15, 0.2) is 11.9 Å². The lowest BCUT2D eigenvalue weighted by Gasteiger charge is -2.29. The molecule has 9 heteroatoms. The second-order valence-electron chi connectivity index (χ2n) is 7.23. The molecule has 3 rings (SSSR count). The highest BCUT2D eigenvalue weighted by atomic mass is 35.5. The normalized spacial score (nSPS) is 14.6. The summed E-state index contributed by atoms with van der Waals surface area (Å²) in [5, 5.41) is 11.0. The molecule has 0 saturated carbocycles. The Hall–Kier alpha value is -3.26. The van der Waals surface area contributed by atoms with Crippen molar-refractivity contribution < 1.29 is 24.0 Å². The molecular formula is C22H21ClN2O6. The fourth-order valence-corrected chi connectivity index (χ4v) is 3.64. The van der Waals surface area contributed by atoms with E-state index in [1.165, 1.54) is 31.2 Å². The summed E-state index contributed by atoms with van der Waals surface area (Å²) < 4.78 is 5.35. The number of piperidine rings is 1. The predicted molar refractivity (Wildman–Crippen MR) is 113 cm³/mol. The lowest BCUT2D eigenvalue weighted by Crippen LogP contribution is -2.42. The van der Waals surface area contributed by atoms with Crippen LogP contribution in [0.4, 0.5) is 5.69 Å². The number of halogens is 1. The van der Waals surface area contributed by atoms with Crippen LogP contribution in [0.3, 0.4) is 0 Å². The lowest BCUT2D eigenvalue weighted by atomic mass is 9.98. The van der Waals surface area contributed by atoms with Crippen LogP contribution in [0.15, 0.2) is 42.5 Å². The second-order valence-corrected chi connectivity index (χ2v) is 7.64. The largest absolute Gasteiger partial charge is 0.449 e. The van der Waals surface area contributed by atoms with E-state index < -0.39 is 28.5 Å². The van der Waals surface area contributed by atoms with Gasteiger partial charge in [0, 0.05) is 30.3 Å². The number of benzene rings is 2. The highest BCUT2D eigenvalue weighted by Crippen LogP contribution is 2.27. The van der Waals surface area contributed by atoms with E-state index in [9.17, 15) is 24.5 Å². The molecule has 162 valence electrons. The van der Waals surface area contributed by atoms with Crippen molar-refractivity contribution >= 4 is 34.9 Å². The van der Waals surface area contributed by atoms with E-state index in [2.05, 4.69) is 0 Å². The van der Waals surface area contributed by atoms with E-state index in [-0.39, 0.29) is 27.6 Å². The number of likely N-dealkylation sites (tertiary alicyclic amines) is 1. The molecule has 0 radical (unpaired) electrons. The summed E-state index contributed by atoms with van der Waals surface area (Å²) in [7, 11) is 0. The highest BCUT2D eigenvalue weighted by molar-refractivity contribution is 6.33. The van der Waals surface area contributed by atoms with Gasteiger partial charge in [-0.2, -0.15) is 0 Å². The number of amides is 1. The standard InChI is InChI=1S/C22H21ClN2O6/c1-14(21(27)24-11-5-2-6-12-24)31-22(28)17-8-4-3-7-16(17)20(26)15-9-10-18(23)19(13-15)25(29)30/h3-4,7-10,13-14H,2,5-6,11-12H2,1H3. The molecule has 0 aliphatic carbocycles. The summed E-state index contributed by atoms with van der Waals surface area (Å²) in [4.78, 5) is 50.4. The van der Waals surface area contributed by atoms with Crippen molar-refractivity contribution in [1.82, 2.24) is 4.90 Å². The number of hydrogen-bond donors (Lipinski definition) is 0. The number of nitro groups is 1. The molecule has 8 nitrogen and oxygen atoms in total. The predicted octanol–water partition coefficient (Wildman–Crippen LogP) is 4.04. The van der Waals surface area contributed by atoms with Crippen molar-refractivity contribution in [2.24, 2.45) is 0 Å². The number of esters is 1. The molecule has 1 heterocycles. The van der Waals surface area contributed by atoms with Crippen molar-refractivity contribution in [3.63, 3.8) is 0 Å². The Kier molecular flexibility index (Phi) is 7.02. The van der Waals surface area contributed by atoms with Gasteiger partial charge in [0.2, 0.25) is 0 Å². The molecule has 1 amide bonds. The molecule has 31 heavy (non-hydrogen) atoms. The third-order valence-corrected chi connectivity index (χ3v) is 5.42. The Morgan fingerprint density at radius 2 is 1.71 bits per heavy atom. The summed E-state index contributed by atoms with van der Waals surface area (Å²) in [6, 6.07) is 9.64. The number of nitrogens with zero attached hydrogens (tertiary/aromatic N) is 2. The third-order valence-electron chi connectivity index (χ3n) is 5.10. The average molecular weight is 445 g/mol. The smallest absolute Gasteiger partial charge is 0.339 e. The summed E-state index contributed by atoms with van der Waals surface area (Å²) in [5.74, 6) is -1.68. The molecule has 0 spiro atoms. The molecule has 0 N–H and O–H groups in total. The number of carbonyl (C=O) groups excluding carboxylic acids is 3. The minimum absolute atomic E-state index is 0.00814. The Morgan fingerprint density at radius 1 is 1.06 bits per heavy atom. The first-order chi connectivity index (χ1) is 14.8. The molecule has 2 aromatic rings. The van der Waals surface area contributed by atoms with Gasteiger partial charge in [0.25, 0.3) is 11.6 Å². The zero-order valence-electron chi connectivity index (χ0n) is 16.9. The van der Waals surface area contributed by atoms with Crippen molar-refractivity contribution in [3.05, 3.63) is 74.3 Å². The van der Waals surface area contributed by atoms with Crippen LogP contribution in [-0.4, -0.2) is 46.7 Å². The van der Waals surface area contributed by atoms with Crippen LogP contribution in [0.1, 0.15) is 52.5 Å². The minimum Gasteiger partial charge on any atom is -0.449 e. The van der Waals surface area contributed by atoms with E-state index in [1.807, 2.05) is 0 Å². The molecule has 2 aromatic carbocycles. The number of carbonyl (C=O) groups is 3. The maximum Gasteiger partial charge on any atom is 0.339 e. The fourth-order valence-electron chi connectivity index (χ4n) is 3.45. The third kappa shape index (κ3) is 5.08. The van der Waals surface area contributed by atoms with E-state index in [0.29, 0.717) is 13.1 Å². The van der Waals surface area contributed by atoms with Crippen LogP contribution in [0.5, 0.6) is 0 Å². The monoisotopic (exact) mass is 444 g/mol. The Balaban J connectivity index is 1.82. The minimum atomic E-state index is -0.995. The molecule has 0 bridgehead atoms. The van der Waals surface area contributed by atoms with Crippen LogP contribution >= 0.6 is 11.6 Å². The molecule has 1 aliphatic rings. The van der Waals surface area contributed by atoms with Crippen LogP contribution in [0.25, 0.3) is 0 Å². The van der Waals surface area contributed by atoms with Gasteiger partial charge in [0.05, 0.1) is 10.5 Å². The van der Waals surface area contributed by atoms with E-state index in [0.717, 1.165) is 25.3 Å². The van der Waals surface area contributed by atoms with E-state index >= 15 is 0 Å². The van der Waals surface area contributed by atoms with Gasteiger partial charge in [-0.1, -0.05) is 29.8 Å². The van der Waals surface area contributed by atoms with Gasteiger partial charge < -0.3 is 9.64 Å². The van der Waals surface area contributed by atoms with E-state index in [1.54, 1.807) is 17.0 Å². The number of ether oxygens (including phenoxy) is 1. The van der Waals surface area contributed by atoms with Crippen molar-refractivity contribution in [2.45, 2.75) is 32.3 Å². The van der Waals surface area contributed by atoms with Crippen LogP contribution in [0.2, 0.25) is 5.02 Å². The summed E-state index contributed by atoms with van der Waals surface area (Å²) in [5.41, 5.74) is -0.410. The van der Waals surface area contributed by atoms with Crippen LogP contribution in [0, 0.1) is 10.1 Å². The van der Waals surface area contributed by atoms with Crippen LogP contribution in [-0.2, 0) is 9.53 Å². The number of ketones is 1. The topological polar surface area (TPSA) is 107 Å². The summed E-state index contributed by atoms with van der Waals surface area (Å²) >= 11 is 5.81. The molecule has 1 fully saturated rings. The van der Waals surface area contributed by atoms with Gasteiger partial charge in [0.1, 0.15) is 5.02 Å². The summed E-state index contributed by atoms with van der Waals surface area (Å²) in [6.07, 6.45) is 1.90. The first kappa shape index (κ1) is 22.4. The number of nitro benzene ring substituents is 1. The maximum atomic E-state index is 13.0. The number of rotatable bonds is 6. The summed E-state index contributed by atoms with van der Waals surface area (Å²) in [6.45, 7) is 2.76. The van der Waals surface area contributed by atoms with Gasteiger partial charge in [-0.25, -0.2) is 4.79 Å². The molecule has 0 aromatic heterocycles. The average Bonchev–Trinajstić information content (AvgIpc) is 2.78. The molecule has 1 saturated heterocycles. The SMILES string of the molecule is CC(OC(=O)c1ccccc1C(=O)c1ccc(Cl)c([N+](=O)[O-])c1)C(=O)N1CCCCC1. The lowest BCUT2D eigenvalue weighted by molar-refractivity contribution is -0.384. The zero-order chi connectivity index (χ0) is 22.5. The molecule has 1 aliphatic heterocycles. The van der Waals surface area contributed by atoms with Gasteiger partial charge in [-0.05, 0) is 44.4 Å². The van der Waals surface area contributed by atoms with Crippen LogP contribution < -0.4 is 0 Å². The molecule has 1 atom stereocenters. The Bertz CT molecular complexity index is 1030. The molecule has 1 unspecified atom stereocenters. The first-order valence-corrected chi connectivity index (χ1v) is 10.2. The Labute approximate surface area is 183 Å². The second kappa shape index (κ2) is 9.70. The van der Waals surface area contributed by atoms with E-state index in [4.69, 9.17) is 16.3 Å². The van der Waals surface area contributed by atoms with Crippen molar-refractivity contribution in [2.75, 3.05) is 13.1 Å². The quantitative estimate of drug-likeness (QED) is 0.288. The van der Waals surface area contributed by atoms with Crippen molar-refractivity contribution in [1.29, 1.82) is 0 Å². The zero-order valence-corrected chi connectivity index (χ0v) is 17.6. The van der Waals surface area contributed by atoms with Gasteiger partial charge >= 0.3 is 5.97 Å². The maximum absolute atomic E-state index is 13.0. The van der Waals surface area contributed by atoms with Gasteiger partial charge in [-0.3, -0.25) is 19.7 Å². The highest BCUT2D eigenvalue weighted by Gasteiger charge is 2.27. The fraction of sp³-hybridized carbons (Fsp3) is 0.318.